The summed E-state index contributed by atoms with van der Waals surface area (Å²) in [6.07, 6.45) is 3.61. The second-order valence-corrected chi connectivity index (χ2v) is 13.2. The Labute approximate surface area is 294 Å². The number of halogens is 2. The van der Waals surface area contributed by atoms with Gasteiger partial charge < -0.3 is 4.57 Å². The van der Waals surface area contributed by atoms with Crippen LogP contribution in [0.25, 0.3) is 10.9 Å². The van der Waals surface area contributed by atoms with Gasteiger partial charge in [0.1, 0.15) is 0 Å². The van der Waals surface area contributed by atoms with Gasteiger partial charge in [-0.3, -0.25) is 9.69 Å². The first-order valence-electron chi connectivity index (χ1n) is 16.8. The minimum absolute atomic E-state index is 0.215. The van der Waals surface area contributed by atoms with Crippen LogP contribution >= 0.6 is 23.2 Å². The van der Waals surface area contributed by atoms with Gasteiger partial charge in [0.05, 0.1) is 11.4 Å². The molecule has 0 N–H and O–H groups in total. The van der Waals surface area contributed by atoms with Gasteiger partial charge in [0.15, 0.2) is 5.78 Å². The predicted octanol–water partition coefficient (Wildman–Crippen LogP) is 10.9. The van der Waals surface area contributed by atoms with Gasteiger partial charge in [-0.2, -0.15) is 0 Å². The molecule has 0 bridgehead atoms. The molecule has 3 nitrogen and oxygen atoms in total. The molecule has 244 valence electrons. The third-order valence-electron chi connectivity index (χ3n) is 9.81. The zero-order valence-electron chi connectivity index (χ0n) is 27.4. The van der Waals surface area contributed by atoms with Crippen LogP contribution in [0.2, 0.25) is 5.02 Å². The van der Waals surface area contributed by atoms with E-state index in [1.165, 1.54) is 16.7 Å². The minimum atomic E-state index is -0.372. The van der Waals surface area contributed by atoms with Gasteiger partial charge >= 0.3 is 0 Å². The molecule has 2 heterocycles. The first-order valence-corrected chi connectivity index (χ1v) is 17.7. The number of Topliss-reactive ketones (excluding diaryl/α,β-unsaturated/α-hetero) is 1. The fraction of sp³-hybridized carbons (Fsp3) is 0.233. The van der Waals surface area contributed by atoms with E-state index in [0.29, 0.717) is 18.2 Å². The van der Waals surface area contributed by atoms with Gasteiger partial charge in [-0.05, 0) is 73.2 Å². The fourth-order valence-electron chi connectivity index (χ4n) is 7.43. The summed E-state index contributed by atoms with van der Waals surface area (Å²) in [5.41, 5.74) is 6.29. The van der Waals surface area contributed by atoms with Gasteiger partial charge in [0.2, 0.25) is 0 Å². The van der Waals surface area contributed by atoms with Crippen LogP contribution in [-0.4, -0.2) is 28.3 Å². The van der Waals surface area contributed by atoms with E-state index in [-0.39, 0.29) is 11.3 Å². The Balaban J connectivity index is 0.000000510. The minimum Gasteiger partial charge on any atom is -0.346 e. The Kier molecular flexibility index (Phi) is 11.1. The molecule has 0 spiro atoms. The normalized spacial score (nSPS) is 14.0. The number of fused-ring (bicyclic) bond motifs is 1. The maximum Gasteiger partial charge on any atom is 0.165 e. The second-order valence-electron chi connectivity index (χ2n) is 12.5. The van der Waals surface area contributed by atoms with Crippen molar-refractivity contribution in [3.05, 3.63) is 179 Å². The maximum absolute atomic E-state index is 13.6. The average Bonchev–Trinajstić information content (AvgIpc) is 3.44. The molecular weight excluding hydrogens is 631 g/mol. The lowest BCUT2D eigenvalue weighted by Crippen LogP contribution is -2.51. The third kappa shape index (κ3) is 7.00. The smallest absolute Gasteiger partial charge is 0.165 e. The zero-order chi connectivity index (χ0) is 33.3. The summed E-state index contributed by atoms with van der Waals surface area (Å²) in [6.45, 7) is 1.94. The van der Waals surface area contributed by atoms with Crippen molar-refractivity contribution in [2.75, 3.05) is 13.1 Å². The van der Waals surface area contributed by atoms with E-state index in [1.54, 1.807) is 0 Å². The van der Waals surface area contributed by atoms with E-state index in [4.69, 9.17) is 23.2 Å². The van der Waals surface area contributed by atoms with Crippen molar-refractivity contribution in [3.8, 4) is 0 Å². The summed E-state index contributed by atoms with van der Waals surface area (Å²) >= 11 is 11.9. The van der Waals surface area contributed by atoms with Gasteiger partial charge in [-0.1, -0.05) is 139 Å². The van der Waals surface area contributed by atoms with Crippen molar-refractivity contribution in [2.45, 2.75) is 37.1 Å². The summed E-state index contributed by atoms with van der Waals surface area (Å²) < 4.78 is 2.07. The number of ketones is 1. The first kappa shape index (κ1) is 33.7. The van der Waals surface area contributed by atoms with Gasteiger partial charge in [0, 0.05) is 40.7 Å². The van der Waals surface area contributed by atoms with Crippen LogP contribution in [0.5, 0.6) is 0 Å². The lowest BCUT2D eigenvalue weighted by Gasteiger charge is -2.48. The standard InChI is InChI=1S/C37H37ClN2O.C6H5Cl/c1-39-33-20-12-11-19-32(33)36(34(39)27-38)35(41)22-21-28-23-25-40(26-24-28)37(29-13-5-2-6-14-29,30-15-7-3-8-16-30)31-17-9-4-10-18-31;7-6-4-2-1-3-5-6/h2-20,28H,21-27H2,1H3;1-5H. The number of likely N-dealkylation sites (tertiary alicyclic amines) is 1. The van der Waals surface area contributed by atoms with Gasteiger partial charge in [-0.25, -0.2) is 0 Å². The van der Waals surface area contributed by atoms with E-state index in [0.717, 1.165) is 59.5 Å². The van der Waals surface area contributed by atoms with E-state index < -0.39 is 0 Å². The van der Waals surface area contributed by atoms with Crippen LogP contribution in [0, 0.1) is 5.92 Å². The molecule has 6 aromatic rings. The molecule has 0 atom stereocenters. The summed E-state index contributed by atoms with van der Waals surface area (Å²) in [5.74, 6) is 1.07. The number of aryl methyl sites for hydroxylation is 1. The Hall–Kier alpha value is -4.15. The monoisotopic (exact) mass is 672 g/mol. The van der Waals surface area contributed by atoms with Crippen molar-refractivity contribution in [2.24, 2.45) is 13.0 Å². The molecule has 1 fully saturated rings. The van der Waals surface area contributed by atoms with Crippen molar-refractivity contribution >= 4 is 39.9 Å². The van der Waals surface area contributed by atoms with Crippen LogP contribution < -0.4 is 0 Å². The predicted molar refractivity (Wildman–Crippen MR) is 201 cm³/mol. The summed E-state index contributed by atoms with van der Waals surface area (Å²) in [7, 11) is 2.00. The molecule has 1 aromatic heterocycles. The molecule has 1 aliphatic heterocycles. The molecule has 48 heavy (non-hydrogen) atoms. The number of nitrogens with zero attached hydrogens (tertiary/aromatic N) is 2. The van der Waals surface area contributed by atoms with Crippen LogP contribution in [0.4, 0.5) is 0 Å². The molecule has 7 rings (SSSR count). The number of alkyl halides is 1. The van der Waals surface area contributed by atoms with Crippen LogP contribution in [0.1, 0.15) is 58.4 Å². The largest absolute Gasteiger partial charge is 0.346 e. The van der Waals surface area contributed by atoms with Gasteiger partial charge in [-0.15, -0.1) is 11.6 Å². The number of piperidine rings is 1. The van der Waals surface area contributed by atoms with Crippen molar-refractivity contribution < 1.29 is 4.79 Å². The average molecular weight is 674 g/mol. The molecular formula is C43H42Cl2N2O. The number of carbonyl (C=O) groups is 1. The second kappa shape index (κ2) is 15.8. The van der Waals surface area contributed by atoms with Crippen LogP contribution in [-0.2, 0) is 18.5 Å². The molecule has 1 saturated heterocycles. The van der Waals surface area contributed by atoms with Crippen molar-refractivity contribution in [3.63, 3.8) is 0 Å². The lowest BCUT2D eigenvalue weighted by atomic mass is 9.74. The summed E-state index contributed by atoms with van der Waals surface area (Å²) in [5, 5.41) is 1.81. The highest BCUT2D eigenvalue weighted by Gasteiger charge is 2.43. The number of benzene rings is 5. The van der Waals surface area contributed by atoms with E-state index in [2.05, 4.69) is 107 Å². The third-order valence-corrected chi connectivity index (χ3v) is 10.3. The number of hydrogen-bond acceptors (Lipinski definition) is 2. The summed E-state index contributed by atoms with van der Waals surface area (Å²) in [4.78, 5) is 16.3. The molecule has 1 aliphatic rings. The van der Waals surface area contributed by atoms with Crippen LogP contribution in [0.15, 0.2) is 146 Å². The number of hydrogen-bond donors (Lipinski definition) is 0. The molecule has 0 aliphatic carbocycles. The highest BCUT2D eigenvalue weighted by Crippen LogP contribution is 2.44. The number of rotatable bonds is 9. The SMILES string of the molecule is Clc1ccccc1.Cn1c(CCl)c(C(=O)CCC2CCN(C(c3ccccc3)(c3ccccc3)c3ccccc3)CC2)c2ccccc21. The maximum atomic E-state index is 13.6. The molecule has 0 radical (unpaired) electrons. The highest BCUT2D eigenvalue weighted by atomic mass is 35.5. The molecule has 0 unspecified atom stereocenters. The van der Waals surface area contributed by atoms with E-state index in [9.17, 15) is 4.79 Å². The van der Waals surface area contributed by atoms with Gasteiger partial charge in [0.25, 0.3) is 0 Å². The fourth-order valence-corrected chi connectivity index (χ4v) is 7.89. The topological polar surface area (TPSA) is 25.2 Å². The Morgan fingerprint density at radius 1 is 0.688 bits per heavy atom. The Bertz CT molecular complexity index is 1800. The van der Waals surface area contributed by atoms with Crippen LogP contribution in [0.3, 0.4) is 0 Å². The molecule has 5 aromatic carbocycles. The Morgan fingerprint density at radius 3 is 1.60 bits per heavy atom. The highest BCUT2D eigenvalue weighted by molar-refractivity contribution is 6.30. The molecule has 0 saturated carbocycles. The van der Waals surface area contributed by atoms with Crippen molar-refractivity contribution in [1.29, 1.82) is 0 Å². The Morgan fingerprint density at radius 2 is 1.15 bits per heavy atom. The lowest BCUT2D eigenvalue weighted by molar-refractivity contribution is 0.0894. The molecule has 5 heteroatoms. The quantitative estimate of drug-likeness (QED) is 0.0867. The number of aromatic nitrogens is 1. The first-order chi connectivity index (χ1) is 23.5. The van der Waals surface area contributed by atoms with Crippen molar-refractivity contribution in [1.82, 2.24) is 9.47 Å². The summed E-state index contributed by atoms with van der Waals surface area (Å²) in [6, 6.07) is 50.4. The number of carbonyl (C=O) groups excluding carboxylic acids is 1. The van der Waals surface area contributed by atoms with E-state index >= 15 is 0 Å². The molecule has 0 amide bonds. The number of para-hydroxylation sites is 1. The zero-order valence-corrected chi connectivity index (χ0v) is 29.0. The van der Waals surface area contributed by atoms with E-state index in [1.807, 2.05) is 55.6 Å².